The number of aromatic nitrogens is 1. The molecule has 2 bridgehead atoms. The monoisotopic (exact) mass is 541 g/mol. The van der Waals surface area contributed by atoms with Crippen molar-refractivity contribution in [2.45, 2.75) is 49.3 Å². The summed E-state index contributed by atoms with van der Waals surface area (Å²) in [5, 5.41) is 16.9. The van der Waals surface area contributed by atoms with Gasteiger partial charge in [0.15, 0.2) is 6.61 Å². The normalized spacial score (nSPS) is 24.1. The quantitative estimate of drug-likeness (QED) is 0.411. The highest BCUT2D eigenvalue weighted by Crippen LogP contribution is 2.47. The molecule has 7 nitrogen and oxygen atoms in total. The molecule has 1 heterocycles. The van der Waals surface area contributed by atoms with Crippen LogP contribution in [0.1, 0.15) is 42.6 Å². The fourth-order valence-electron chi connectivity index (χ4n) is 5.37. The molecule has 3 aliphatic rings. The van der Waals surface area contributed by atoms with E-state index in [1.807, 2.05) is 0 Å². The minimum Gasteiger partial charge on any atom is -0.484 e. The van der Waals surface area contributed by atoms with Gasteiger partial charge < -0.3 is 20.5 Å². The summed E-state index contributed by atoms with van der Waals surface area (Å²) in [4.78, 5) is 30.1. The Balaban J connectivity index is 1.20. The van der Waals surface area contributed by atoms with Crippen LogP contribution in [0.5, 0.6) is 5.75 Å². The predicted molar refractivity (Wildman–Crippen MR) is 137 cm³/mol. The molecule has 0 saturated heterocycles. The molecule has 0 aliphatic heterocycles. The summed E-state index contributed by atoms with van der Waals surface area (Å²) in [7, 11) is 0. The first kappa shape index (κ1) is 26.1. The van der Waals surface area contributed by atoms with Crippen molar-refractivity contribution in [1.82, 2.24) is 15.6 Å². The summed E-state index contributed by atoms with van der Waals surface area (Å²) in [6, 6.07) is 14.9. The lowest BCUT2D eigenvalue weighted by molar-refractivity contribution is -0.132. The molecule has 3 fully saturated rings. The van der Waals surface area contributed by atoms with E-state index in [0.29, 0.717) is 36.9 Å². The van der Waals surface area contributed by atoms with Gasteiger partial charge in [-0.15, -0.1) is 0 Å². The van der Waals surface area contributed by atoms with Crippen LogP contribution in [0.25, 0.3) is 11.3 Å². The number of amides is 2. The number of fused-ring (bicyclic) bond motifs is 3. The van der Waals surface area contributed by atoms with Crippen LogP contribution in [0.2, 0.25) is 5.02 Å². The minimum absolute atomic E-state index is 0.0427. The first-order valence-corrected chi connectivity index (χ1v) is 12.7. The fourth-order valence-corrected chi connectivity index (χ4v) is 5.48. The SMILES string of the molecule is O=C(COc1ccc(Cl)c(F)c1)NC12CCC(NC(=O)c3cccc(-c4cccc(F)c4)n3)(CC1)C[C@@H]2O. The highest BCUT2D eigenvalue weighted by molar-refractivity contribution is 6.30. The highest BCUT2D eigenvalue weighted by Gasteiger charge is 2.55. The molecule has 10 heteroatoms. The van der Waals surface area contributed by atoms with Crippen LogP contribution in [-0.2, 0) is 4.79 Å². The molecule has 2 amide bonds. The van der Waals surface area contributed by atoms with Crippen molar-refractivity contribution in [3.05, 3.63) is 83.0 Å². The van der Waals surface area contributed by atoms with Gasteiger partial charge in [-0.2, -0.15) is 0 Å². The molecule has 0 radical (unpaired) electrons. The summed E-state index contributed by atoms with van der Waals surface area (Å²) in [6.45, 7) is -0.343. The van der Waals surface area contributed by atoms with E-state index in [0.717, 1.165) is 6.07 Å². The molecule has 0 spiro atoms. The molecular weight excluding hydrogens is 516 g/mol. The van der Waals surface area contributed by atoms with Gasteiger partial charge in [0, 0.05) is 17.2 Å². The Labute approximate surface area is 223 Å². The number of halogens is 3. The van der Waals surface area contributed by atoms with Gasteiger partial charge in [-0.1, -0.05) is 29.8 Å². The van der Waals surface area contributed by atoms with Crippen molar-refractivity contribution in [1.29, 1.82) is 0 Å². The topological polar surface area (TPSA) is 101 Å². The van der Waals surface area contributed by atoms with E-state index in [4.69, 9.17) is 16.3 Å². The Morgan fingerprint density at radius 1 is 1.03 bits per heavy atom. The Kier molecular flexibility index (Phi) is 7.07. The molecule has 2 aromatic carbocycles. The number of aliphatic hydroxyl groups excluding tert-OH is 1. The van der Waals surface area contributed by atoms with Gasteiger partial charge in [-0.25, -0.2) is 13.8 Å². The number of aliphatic hydroxyl groups is 1. The summed E-state index contributed by atoms with van der Waals surface area (Å²) in [6.07, 6.45) is 1.44. The van der Waals surface area contributed by atoms with E-state index in [-0.39, 0.29) is 35.4 Å². The zero-order valence-corrected chi connectivity index (χ0v) is 21.1. The number of hydrogen-bond donors (Lipinski definition) is 3. The number of carbonyl (C=O) groups is 2. The van der Waals surface area contributed by atoms with E-state index >= 15 is 0 Å². The number of nitrogens with one attached hydrogen (secondary N) is 2. The molecule has 3 aliphatic carbocycles. The molecular formula is C28H26ClF2N3O4. The Morgan fingerprint density at radius 3 is 2.50 bits per heavy atom. The van der Waals surface area contributed by atoms with Crippen LogP contribution in [0.15, 0.2) is 60.7 Å². The first-order chi connectivity index (χ1) is 18.2. The van der Waals surface area contributed by atoms with E-state index in [9.17, 15) is 23.5 Å². The molecule has 38 heavy (non-hydrogen) atoms. The average Bonchev–Trinajstić information content (AvgIpc) is 2.90. The van der Waals surface area contributed by atoms with Crippen molar-refractivity contribution >= 4 is 23.4 Å². The second kappa shape index (κ2) is 10.3. The van der Waals surface area contributed by atoms with Gasteiger partial charge in [0.2, 0.25) is 0 Å². The smallest absolute Gasteiger partial charge is 0.270 e. The van der Waals surface area contributed by atoms with E-state index in [1.54, 1.807) is 30.3 Å². The molecule has 3 aromatic rings. The second-order valence-corrected chi connectivity index (χ2v) is 10.3. The maximum Gasteiger partial charge on any atom is 0.270 e. The molecule has 0 unspecified atom stereocenters. The van der Waals surface area contributed by atoms with Gasteiger partial charge in [0.25, 0.3) is 11.8 Å². The van der Waals surface area contributed by atoms with Crippen molar-refractivity contribution in [3.8, 4) is 17.0 Å². The molecule has 1 aromatic heterocycles. The standard InChI is InChI=1S/C28H26ClF2N3O4/c29-20-8-7-19(14-21(20)31)38-16-25(36)33-28-11-9-27(10-12-28,15-24(28)35)34-26(37)23-6-2-5-22(32-23)17-3-1-4-18(30)13-17/h1-8,13-14,24,35H,9-12,15-16H2,(H,33,36)(H,34,37)/t24-,27?,28?/m0/s1. The molecule has 3 saturated carbocycles. The summed E-state index contributed by atoms with van der Waals surface area (Å²) in [5.74, 6) is -1.68. The van der Waals surface area contributed by atoms with Gasteiger partial charge >= 0.3 is 0 Å². The van der Waals surface area contributed by atoms with Gasteiger partial charge in [0.1, 0.15) is 23.1 Å². The van der Waals surface area contributed by atoms with E-state index in [1.165, 1.54) is 24.3 Å². The van der Waals surface area contributed by atoms with E-state index < -0.39 is 34.7 Å². The van der Waals surface area contributed by atoms with Crippen LogP contribution in [0.3, 0.4) is 0 Å². The largest absolute Gasteiger partial charge is 0.484 e. The summed E-state index contributed by atoms with van der Waals surface area (Å²) in [5.41, 5.74) is -0.214. The van der Waals surface area contributed by atoms with Gasteiger partial charge in [0.05, 0.1) is 22.4 Å². The van der Waals surface area contributed by atoms with Crippen molar-refractivity contribution in [3.63, 3.8) is 0 Å². The number of pyridine rings is 1. The zero-order chi connectivity index (χ0) is 26.9. The van der Waals surface area contributed by atoms with Crippen molar-refractivity contribution in [2.24, 2.45) is 0 Å². The highest BCUT2D eigenvalue weighted by atomic mass is 35.5. The van der Waals surface area contributed by atoms with Crippen LogP contribution < -0.4 is 15.4 Å². The Bertz CT molecular complexity index is 1380. The molecule has 3 N–H and O–H groups in total. The minimum atomic E-state index is -0.881. The number of benzene rings is 2. The van der Waals surface area contributed by atoms with Crippen LogP contribution in [0.4, 0.5) is 8.78 Å². The molecule has 1 atom stereocenters. The van der Waals surface area contributed by atoms with Crippen molar-refractivity contribution < 1.29 is 28.2 Å². The molecule has 6 rings (SSSR count). The van der Waals surface area contributed by atoms with Gasteiger partial charge in [-0.05, 0) is 68.5 Å². The maximum absolute atomic E-state index is 13.6. The third kappa shape index (κ3) is 5.35. The predicted octanol–water partition coefficient (Wildman–Crippen LogP) is 4.42. The van der Waals surface area contributed by atoms with Gasteiger partial charge in [-0.3, -0.25) is 9.59 Å². The third-order valence-corrected chi connectivity index (χ3v) is 7.76. The Morgan fingerprint density at radius 2 is 1.79 bits per heavy atom. The first-order valence-electron chi connectivity index (χ1n) is 12.3. The average molecular weight is 542 g/mol. The second-order valence-electron chi connectivity index (χ2n) is 9.94. The van der Waals surface area contributed by atoms with Crippen LogP contribution in [-0.4, -0.2) is 45.7 Å². The molecule has 198 valence electrons. The van der Waals surface area contributed by atoms with Crippen molar-refractivity contribution in [2.75, 3.05) is 6.61 Å². The van der Waals surface area contributed by atoms with Crippen LogP contribution >= 0.6 is 11.6 Å². The fraction of sp³-hybridized carbons (Fsp3) is 0.321. The number of nitrogens with zero attached hydrogens (tertiary/aromatic N) is 1. The number of rotatable bonds is 7. The Hall–Kier alpha value is -3.56. The van der Waals surface area contributed by atoms with Crippen LogP contribution in [0, 0.1) is 11.6 Å². The summed E-state index contributed by atoms with van der Waals surface area (Å²) < 4.78 is 32.6. The lowest BCUT2D eigenvalue weighted by atomic mass is 9.60. The zero-order valence-electron chi connectivity index (χ0n) is 20.3. The third-order valence-electron chi connectivity index (χ3n) is 7.45. The summed E-state index contributed by atoms with van der Waals surface area (Å²) >= 11 is 5.67. The number of ether oxygens (including phenoxy) is 1. The number of carbonyl (C=O) groups excluding carboxylic acids is 2. The maximum atomic E-state index is 13.6. The number of hydrogen-bond acceptors (Lipinski definition) is 5. The van der Waals surface area contributed by atoms with E-state index in [2.05, 4.69) is 15.6 Å². The lowest BCUT2D eigenvalue weighted by Gasteiger charge is -2.56. The lowest BCUT2D eigenvalue weighted by Crippen LogP contribution is -2.70.